The highest BCUT2D eigenvalue weighted by Crippen LogP contribution is 2.42. The Balaban J connectivity index is 1.63. The standard InChI is InChI=1S/C26H30N2O4/c1-4-6-20-22(31-16(3)5-2)12-7-17-15-21(25(30)32-23(17)20)24(29)28-19-10-8-18(9-11-19)26(27)13-14-26/h7-12,15-16H,4-6,13-14,27H2,1-3H3,(H,28,29)/t16-/m0/s1. The molecule has 0 saturated heterocycles. The average molecular weight is 435 g/mol. The maximum absolute atomic E-state index is 12.8. The predicted octanol–water partition coefficient (Wildman–Crippen LogP) is 5.12. The first-order chi connectivity index (χ1) is 15.3. The lowest BCUT2D eigenvalue weighted by Crippen LogP contribution is -2.21. The first kappa shape index (κ1) is 22.1. The molecular formula is C26H30N2O4. The van der Waals surface area contributed by atoms with Gasteiger partial charge in [0.15, 0.2) is 0 Å². The van der Waals surface area contributed by atoms with Crippen molar-refractivity contribution in [3.8, 4) is 5.75 Å². The molecule has 1 aromatic heterocycles. The lowest BCUT2D eigenvalue weighted by atomic mass is 10.0. The van der Waals surface area contributed by atoms with Gasteiger partial charge in [-0.15, -0.1) is 0 Å². The highest BCUT2D eigenvalue weighted by Gasteiger charge is 2.39. The number of fused-ring (bicyclic) bond motifs is 1. The Labute approximate surface area is 187 Å². The van der Waals surface area contributed by atoms with Crippen LogP contribution in [0.5, 0.6) is 5.75 Å². The number of ether oxygens (including phenoxy) is 1. The van der Waals surface area contributed by atoms with Crippen molar-refractivity contribution in [2.24, 2.45) is 5.73 Å². The fourth-order valence-corrected chi connectivity index (χ4v) is 3.79. The summed E-state index contributed by atoms with van der Waals surface area (Å²) in [5.41, 5.74) is 8.29. The third-order valence-corrected chi connectivity index (χ3v) is 6.12. The van der Waals surface area contributed by atoms with Gasteiger partial charge in [-0.2, -0.15) is 0 Å². The fourth-order valence-electron chi connectivity index (χ4n) is 3.79. The van der Waals surface area contributed by atoms with Crippen LogP contribution in [0.1, 0.15) is 67.9 Å². The van der Waals surface area contributed by atoms with Crippen molar-refractivity contribution < 1.29 is 13.9 Å². The van der Waals surface area contributed by atoms with Crippen LogP contribution in [-0.4, -0.2) is 12.0 Å². The molecular weight excluding hydrogens is 404 g/mol. The van der Waals surface area contributed by atoms with Gasteiger partial charge in [0, 0.05) is 22.2 Å². The Bertz CT molecular complexity index is 1190. The Hall–Kier alpha value is -3.12. The Morgan fingerprint density at radius 2 is 1.91 bits per heavy atom. The van der Waals surface area contributed by atoms with Gasteiger partial charge < -0.3 is 20.2 Å². The van der Waals surface area contributed by atoms with E-state index in [0.717, 1.165) is 42.6 Å². The van der Waals surface area contributed by atoms with E-state index < -0.39 is 11.5 Å². The molecule has 0 radical (unpaired) electrons. The van der Waals surface area contributed by atoms with Gasteiger partial charge in [0.1, 0.15) is 16.9 Å². The van der Waals surface area contributed by atoms with Crippen molar-refractivity contribution in [3.63, 3.8) is 0 Å². The quantitative estimate of drug-likeness (QED) is 0.480. The van der Waals surface area contributed by atoms with E-state index in [4.69, 9.17) is 14.9 Å². The molecule has 0 aliphatic heterocycles. The Kier molecular flexibility index (Phi) is 6.07. The van der Waals surface area contributed by atoms with E-state index >= 15 is 0 Å². The SMILES string of the molecule is CCCc1c(O[C@@H](C)CC)ccc2cc(C(=O)Nc3ccc(C4(N)CC4)cc3)c(=O)oc12. The number of carbonyl (C=O) groups excluding carboxylic acids is 1. The average Bonchev–Trinajstić information content (AvgIpc) is 3.54. The predicted molar refractivity (Wildman–Crippen MR) is 126 cm³/mol. The van der Waals surface area contributed by atoms with E-state index in [1.165, 1.54) is 0 Å². The molecule has 3 aromatic rings. The zero-order chi connectivity index (χ0) is 22.9. The van der Waals surface area contributed by atoms with Crippen LogP contribution in [0.2, 0.25) is 0 Å². The number of carbonyl (C=O) groups is 1. The molecule has 1 atom stereocenters. The summed E-state index contributed by atoms with van der Waals surface area (Å²) in [5.74, 6) is 0.224. The molecule has 6 heteroatoms. The third kappa shape index (κ3) is 4.41. The highest BCUT2D eigenvalue weighted by molar-refractivity contribution is 6.05. The molecule has 0 unspecified atom stereocenters. The largest absolute Gasteiger partial charge is 0.490 e. The topological polar surface area (TPSA) is 94.6 Å². The van der Waals surface area contributed by atoms with Gasteiger partial charge >= 0.3 is 5.63 Å². The van der Waals surface area contributed by atoms with E-state index in [1.54, 1.807) is 18.2 Å². The molecule has 6 nitrogen and oxygen atoms in total. The maximum atomic E-state index is 12.8. The van der Waals surface area contributed by atoms with Crippen LogP contribution < -0.4 is 21.4 Å². The number of anilines is 1. The molecule has 1 fully saturated rings. The van der Waals surface area contributed by atoms with Gasteiger partial charge in [0.2, 0.25) is 0 Å². The molecule has 1 aliphatic carbocycles. The smallest absolute Gasteiger partial charge is 0.349 e. The number of hydrogen-bond acceptors (Lipinski definition) is 5. The summed E-state index contributed by atoms with van der Waals surface area (Å²) in [6.45, 7) is 6.13. The van der Waals surface area contributed by atoms with Crippen LogP contribution in [0.3, 0.4) is 0 Å². The molecule has 0 spiro atoms. The van der Waals surface area contributed by atoms with E-state index in [1.807, 2.05) is 31.2 Å². The van der Waals surface area contributed by atoms with Gasteiger partial charge in [-0.05, 0) is 68.5 Å². The molecule has 1 saturated carbocycles. The zero-order valence-corrected chi connectivity index (χ0v) is 18.9. The minimum Gasteiger partial charge on any atom is -0.490 e. The van der Waals surface area contributed by atoms with Crippen LogP contribution in [0.4, 0.5) is 5.69 Å². The molecule has 4 rings (SSSR count). The van der Waals surface area contributed by atoms with Crippen molar-refractivity contribution in [3.05, 3.63) is 69.6 Å². The van der Waals surface area contributed by atoms with Gasteiger partial charge in [0.25, 0.3) is 5.91 Å². The van der Waals surface area contributed by atoms with Crippen molar-refractivity contribution >= 4 is 22.6 Å². The van der Waals surface area contributed by atoms with Gasteiger partial charge in [0.05, 0.1) is 6.10 Å². The number of hydrogen-bond donors (Lipinski definition) is 2. The number of rotatable bonds is 8. The number of nitrogens with two attached hydrogens (primary N) is 1. The number of nitrogens with one attached hydrogen (secondary N) is 1. The summed E-state index contributed by atoms with van der Waals surface area (Å²) >= 11 is 0. The number of benzene rings is 2. The second-order valence-corrected chi connectivity index (χ2v) is 8.68. The van der Waals surface area contributed by atoms with Crippen LogP contribution in [0.25, 0.3) is 11.0 Å². The second kappa shape index (κ2) is 8.79. The fraction of sp³-hybridized carbons (Fsp3) is 0.385. The molecule has 1 amide bonds. The van der Waals surface area contributed by atoms with E-state index in [9.17, 15) is 9.59 Å². The van der Waals surface area contributed by atoms with Gasteiger partial charge in [-0.3, -0.25) is 4.79 Å². The molecule has 32 heavy (non-hydrogen) atoms. The van der Waals surface area contributed by atoms with Crippen LogP contribution in [-0.2, 0) is 12.0 Å². The number of aryl methyl sites for hydroxylation is 1. The first-order valence-corrected chi connectivity index (χ1v) is 11.3. The van der Waals surface area contributed by atoms with Gasteiger partial charge in [-0.25, -0.2) is 4.79 Å². The number of amides is 1. The molecule has 1 aliphatic rings. The Morgan fingerprint density at radius 3 is 2.53 bits per heavy atom. The second-order valence-electron chi connectivity index (χ2n) is 8.68. The van der Waals surface area contributed by atoms with Crippen molar-refractivity contribution in [2.45, 2.75) is 64.5 Å². The molecule has 0 bridgehead atoms. The zero-order valence-electron chi connectivity index (χ0n) is 18.9. The van der Waals surface area contributed by atoms with Crippen LogP contribution in [0.15, 0.2) is 51.7 Å². The molecule has 168 valence electrons. The van der Waals surface area contributed by atoms with Crippen molar-refractivity contribution in [1.82, 2.24) is 0 Å². The van der Waals surface area contributed by atoms with Crippen LogP contribution >= 0.6 is 0 Å². The van der Waals surface area contributed by atoms with Crippen LogP contribution in [0, 0.1) is 0 Å². The summed E-state index contributed by atoms with van der Waals surface area (Å²) in [6.07, 6.45) is 4.47. The summed E-state index contributed by atoms with van der Waals surface area (Å²) in [5, 5.41) is 3.48. The molecule has 1 heterocycles. The highest BCUT2D eigenvalue weighted by atomic mass is 16.5. The minimum absolute atomic E-state index is 0.0305. The Morgan fingerprint density at radius 1 is 1.19 bits per heavy atom. The van der Waals surface area contributed by atoms with Gasteiger partial charge in [-0.1, -0.05) is 32.4 Å². The lowest BCUT2D eigenvalue weighted by Gasteiger charge is -2.17. The summed E-state index contributed by atoms with van der Waals surface area (Å²) < 4.78 is 11.7. The lowest BCUT2D eigenvalue weighted by molar-refractivity contribution is 0.102. The summed E-state index contributed by atoms with van der Waals surface area (Å²) in [4.78, 5) is 25.5. The molecule has 2 aromatic carbocycles. The van der Waals surface area contributed by atoms with Crippen molar-refractivity contribution in [2.75, 3.05) is 5.32 Å². The minimum atomic E-state index is -0.663. The summed E-state index contributed by atoms with van der Waals surface area (Å²) in [6, 6.07) is 12.8. The van der Waals surface area contributed by atoms with E-state index in [2.05, 4.69) is 19.2 Å². The van der Waals surface area contributed by atoms with Crippen molar-refractivity contribution in [1.29, 1.82) is 0 Å². The summed E-state index contributed by atoms with van der Waals surface area (Å²) in [7, 11) is 0. The monoisotopic (exact) mass is 434 g/mol. The van der Waals surface area contributed by atoms with E-state index in [0.29, 0.717) is 23.1 Å². The normalized spacial score (nSPS) is 15.4. The third-order valence-electron chi connectivity index (χ3n) is 6.12. The van der Waals surface area contributed by atoms with E-state index in [-0.39, 0.29) is 17.2 Å². The maximum Gasteiger partial charge on any atom is 0.349 e. The first-order valence-electron chi connectivity index (χ1n) is 11.3. The molecule has 3 N–H and O–H groups in total.